The van der Waals surface area contributed by atoms with E-state index in [4.69, 9.17) is 1.37 Å². The predicted molar refractivity (Wildman–Crippen MR) is 63.8 cm³/mol. The molecule has 3 atom stereocenters. The highest BCUT2D eigenvalue weighted by atomic mass is 28.3. The SMILES string of the molecule is [2H]C(C1CCCC1C(C)C)[Si](C)(C)C. The molecule has 0 aromatic carbocycles. The van der Waals surface area contributed by atoms with Crippen LogP contribution in [-0.2, 0) is 0 Å². The maximum Gasteiger partial charge on any atom is 0.0445 e. The van der Waals surface area contributed by atoms with Crippen LogP contribution in [0.2, 0.25) is 25.7 Å². The number of hydrogen-bond donors (Lipinski definition) is 0. The van der Waals surface area contributed by atoms with Gasteiger partial charge < -0.3 is 0 Å². The summed E-state index contributed by atoms with van der Waals surface area (Å²) >= 11 is 0. The highest BCUT2D eigenvalue weighted by molar-refractivity contribution is 6.76. The Morgan fingerprint density at radius 3 is 2.38 bits per heavy atom. The van der Waals surface area contributed by atoms with Crippen molar-refractivity contribution in [2.45, 2.75) is 58.8 Å². The lowest BCUT2D eigenvalue weighted by Gasteiger charge is -2.28. The molecular formula is C12H26Si. The zero-order chi connectivity index (χ0) is 10.9. The fraction of sp³-hybridized carbons (Fsp3) is 1.00. The molecular weight excluding hydrogens is 172 g/mol. The van der Waals surface area contributed by atoms with E-state index >= 15 is 0 Å². The molecule has 0 spiro atoms. The van der Waals surface area contributed by atoms with Crippen molar-refractivity contribution in [2.24, 2.45) is 17.8 Å². The smallest absolute Gasteiger partial charge is 0.0445 e. The summed E-state index contributed by atoms with van der Waals surface area (Å²) < 4.78 is 8.41. The molecule has 1 heteroatoms. The summed E-state index contributed by atoms with van der Waals surface area (Å²) in [5, 5.41) is 0. The molecule has 0 N–H and O–H groups in total. The summed E-state index contributed by atoms with van der Waals surface area (Å²) in [6, 6.07) is 0.261. The molecule has 0 aromatic heterocycles. The highest BCUT2D eigenvalue weighted by Gasteiger charge is 2.32. The quantitative estimate of drug-likeness (QED) is 0.591. The summed E-state index contributed by atoms with van der Waals surface area (Å²) in [6.45, 7) is 11.7. The van der Waals surface area contributed by atoms with Gasteiger partial charge in [0.15, 0.2) is 0 Å². The summed E-state index contributed by atoms with van der Waals surface area (Å²) in [7, 11) is -1.25. The van der Waals surface area contributed by atoms with Gasteiger partial charge in [-0.3, -0.25) is 0 Å². The van der Waals surface area contributed by atoms with Gasteiger partial charge in [-0.1, -0.05) is 52.4 Å². The van der Waals surface area contributed by atoms with Crippen molar-refractivity contribution in [1.29, 1.82) is 0 Å². The van der Waals surface area contributed by atoms with Crippen LogP contribution in [0.15, 0.2) is 0 Å². The Morgan fingerprint density at radius 1 is 1.31 bits per heavy atom. The Hall–Kier alpha value is 0.217. The molecule has 0 amide bonds. The second-order valence-corrected chi connectivity index (χ2v) is 11.1. The van der Waals surface area contributed by atoms with E-state index in [0.29, 0.717) is 5.92 Å². The summed E-state index contributed by atoms with van der Waals surface area (Å²) in [5.41, 5.74) is 0. The maximum atomic E-state index is 8.41. The maximum absolute atomic E-state index is 8.41. The van der Waals surface area contributed by atoms with Crippen molar-refractivity contribution in [3.8, 4) is 0 Å². The van der Waals surface area contributed by atoms with E-state index < -0.39 is 8.07 Å². The minimum absolute atomic E-state index is 0.261. The van der Waals surface area contributed by atoms with Crippen LogP contribution >= 0.6 is 0 Å². The average Bonchev–Trinajstić information content (AvgIpc) is 2.48. The Kier molecular flexibility index (Phi) is 3.12. The van der Waals surface area contributed by atoms with Crippen LogP contribution in [-0.4, -0.2) is 8.07 Å². The van der Waals surface area contributed by atoms with Crippen molar-refractivity contribution in [1.82, 2.24) is 0 Å². The molecule has 13 heavy (non-hydrogen) atoms. The van der Waals surface area contributed by atoms with Gasteiger partial charge in [-0.15, -0.1) is 0 Å². The standard InChI is InChI=1S/C12H26Si/c1-10(2)12-8-6-7-11(12)9-13(3,4)5/h10-12H,6-9H2,1-5H3/i9D. The van der Waals surface area contributed by atoms with Gasteiger partial charge in [0.1, 0.15) is 0 Å². The molecule has 0 nitrogen and oxygen atoms in total. The van der Waals surface area contributed by atoms with Crippen molar-refractivity contribution in [2.75, 3.05) is 0 Å². The monoisotopic (exact) mass is 199 g/mol. The van der Waals surface area contributed by atoms with E-state index in [0.717, 1.165) is 11.8 Å². The van der Waals surface area contributed by atoms with Gasteiger partial charge in [-0.05, 0) is 24.2 Å². The van der Waals surface area contributed by atoms with Gasteiger partial charge in [-0.2, -0.15) is 0 Å². The van der Waals surface area contributed by atoms with Crippen molar-refractivity contribution >= 4 is 8.07 Å². The highest BCUT2D eigenvalue weighted by Crippen LogP contribution is 2.41. The van der Waals surface area contributed by atoms with E-state index in [2.05, 4.69) is 33.5 Å². The van der Waals surface area contributed by atoms with Gasteiger partial charge in [0.25, 0.3) is 0 Å². The minimum atomic E-state index is -1.25. The third-order valence-corrected chi connectivity index (χ3v) is 4.62. The molecule has 1 aliphatic carbocycles. The lowest BCUT2D eigenvalue weighted by Crippen LogP contribution is -2.27. The third-order valence-electron chi connectivity index (χ3n) is 3.20. The predicted octanol–water partition coefficient (Wildman–Crippen LogP) is 4.40. The van der Waals surface area contributed by atoms with Gasteiger partial charge in [0.05, 0.1) is 0 Å². The van der Waals surface area contributed by atoms with Crippen molar-refractivity contribution in [3.63, 3.8) is 0 Å². The molecule has 0 aromatic rings. The number of hydrogen-bond acceptors (Lipinski definition) is 0. The Morgan fingerprint density at radius 2 is 1.92 bits per heavy atom. The largest absolute Gasteiger partial charge is 0.0695 e. The average molecular weight is 199 g/mol. The normalized spacial score (nSPS) is 33.5. The molecule has 0 heterocycles. The van der Waals surface area contributed by atoms with Crippen LogP contribution in [0.5, 0.6) is 0 Å². The molecule has 1 fully saturated rings. The molecule has 1 saturated carbocycles. The summed E-state index contributed by atoms with van der Waals surface area (Å²) in [5.74, 6) is 2.33. The van der Waals surface area contributed by atoms with Crippen LogP contribution in [0.1, 0.15) is 34.5 Å². The first-order chi connectivity index (χ1) is 6.34. The van der Waals surface area contributed by atoms with Crippen LogP contribution < -0.4 is 0 Å². The first-order valence-electron chi connectivity index (χ1n) is 6.34. The van der Waals surface area contributed by atoms with Gasteiger partial charge >= 0.3 is 0 Å². The lowest BCUT2D eigenvalue weighted by molar-refractivity contribution is 0.312. The van der Waals surface area contributed by atoms with Crippen LogP contribution in [0, 0.1) is 17.8 Å². The first-order valence-corrected chi connectivity index (χ1v) is 9.34. The first kappa shape index (κ1) is 9.76. The summed E-state index contributed by atoms with van der Waals surface area (Å²) in [4.78, 5) is 0. The second kappa shape index (κ2) is 4.16. The molecule has 0 radical (unpaired) electrons. The van der Waals surface area contributed by atoms with Crippen LogP contribution in [0.25, 0.3) is 0 Å². The van der Waals surface area contributed by atoms with Crippen molar-refractivity contribution < 1.29 is 1.37 Å². The van der Waals surface area contributed by atoms with Crippen LogP contribution in [0.4, 0.5) is 0 Å². The van der Waals surface area contributed by atoms with E-state index in [1.807, 2.05) is 0 Å². The Bertz CT molecular complexity index is 183. The Labute approximate surface area is 86.5 Å². The van der Waals surface area contributed by atoms with Gasteiger partial charge in [-0.25, -0.2) is 0 Å². The van der Waals surface area contributed by atoms with E-state index in [-0.39, 0.29) is 6.02 Å². The van der Waals surface area contributed by atoms with E-state index in [1.54, 1.807) is 0 Å². The fourth-order valence-corrected chi connectivity index (χ4v) is 4.39. The fourth-order valence-electron chi connectivity index (χ4n) is 2.69. The van der Waals surface area contributed by atoms with E-state index in [9.17, 15) is 0 Å². The zero-order valence-electron chi connectivity index (χ0n) is 10.9. The Balaban J connectivity index is 2.67. The topological polar surface area (TPSA) is 0 Å². The third kappa shape index (κ3) is 3.45. The zero-order valence-corrected chi connectivity index (χ0v) is 10.9. The molecule has 0 bridgehead atoms. The molecule has 1 aliphatic rings. The molecule has 1 rings (SSSR count). The lowest BCUT2D eigenvalue weighted by atomic mass is 9.87. The second-order valence-electron chi connectivity index (χ2n) is 6.04. The van der Waals surface area contributed by atoms with Gasteiger partial charge in [0, 0.05) is 9.44 Å². The summed E-state index contributed by atoms with van der Waals surface area (Å²) in [6.07, 6.45) is 4.07. The van der Waals surface area contributed by atoms with Crippen LogP contribution in [0.3, 0.4) is 0 Å². The number of rotatable bonds is 3. The van der Waals surface area contributed by atoms with E-state index in [1.165, 1.54) is 19.3 Å². The molecule has 3 unspecified atom stereocenters. The molecule has 78 valence electrons. The molecule has 0 saturated heterocycles. The van der Waals surface area contributed by atoms with Gasteiger partial charge in [0.2, 0.25) is 0 Å². The van der Waals surface area contributed by atoms with Crippen molar-refractivity contribution in [3.05, 3.63) is 0 Å². The minimum Gasteiger partial charge on any atom is -0.0695 e. The molecule has 0 aliphatic heterocycles.